The van der Waals surface area contributed by atoms with Gasteiger partial charge in [-0.2, -0.15) is 0 Å². The second-order valence-corrected chi connectivity index (χ2v) is 5.40. The molecule has 3 nitrogen and oxygen atoms in total. The van der Waals surface area contributed by atoms with Crippen molar-refractivity contribution in [2.75, 3.05) is 18.0 Å². The molecule has 1 aromatic carbocycles. The predicted molar refractivity (Wildman–Crippen MR) is 77.7 cm³/mol. The molecule has 0 amide bonds. The van der Waals surface area contributed by atoms with Crippen LogP contribution in [-0.2, 0) is 0 Å². The van der Waals surface area contributed by atoms with Gasteiger partial charge in [0.25, 0.3) is 0 Å². The van der Waals surface area contributed by atoms with Gasteiger partial charge in [0, 0.05) is 29.4 Å². The molecule has 0 heterocycles. The zero-order chi connectivity index (χ0) is 13.1. The molecule has 0 radical (unpaired) electrons. The lowest BCUT2D eigenvalue weighted by Gasteiger charge is -2.26. The van der Waals surface area contributed by atoms with Crippen LogP contribution in [0.1, 0.15) is 31.7 Å². The van der Waals surface area contributed by atoms with Crippen LogP contribution < -0.4 is 10.6 Å². The Balaban J connectivity index is 2.29. The highest BCUT2D eigenvalue weighted by Gasteiger charge is 2.25. The number of nitrogens with zero attached hydrogens (tertiary/aromatic N) is 1. The number of anilines is 1. The van der Waals surface area contributed by atoms with E-state index in [1.165, 1.54) is 12.8 Å². The van der Waals surface area contributed by atoms with E-state index < -0.39 is 0 Å². The highest BCUT2D eigenvalue weighted by atomic mass is 35.5. The van der Waals surface area contributed by atoms with Gasteiger partial charge in [0.15, 0.2) is 0 Å². The van der Waals surface area contributed by atoms with Crippen LogP contribution in [-0.4, -0.2) is 18.9 Å². The summed E-state index contributed by atoms with van der Waals surface area (Å²) in [5.74, 6) is 0.899. The lowest BCUT2D eigenvalue weighted by Crippen LogP contribution is -2.29. The average Bonchev–Trinajstić information content (AvgIpc) is 3.12. The van der Waals surface area contributed by atoms with Crippen LogP contribution in [0.2, 0.25) is 5.02 Å². The molecular weight excluding hydrogens is 246 g/mol. The van der Waals surface area contributed by atoms with E-state index in [2.05, 4.69) is 11.8 Å². The Kier molecular flexibility index (Phi) is 4.12. The van der Waals surface area contributed by atoms with Gasteiger partial charge in [-0.05, 0) is 43.4 Å². The first kappa shape index (κ1) is 13.2. The predicted octanol–water partition coefficient (Wildman–Crippen LogP) is 3.25. The zero-order valence-corrected chi connectivity index (χ0v) is 11.5. The average molecular weight is 266 g/mol. The van der Waals surface area contributed by atoms with Gasteiger partial charge in [-0.15, -0.1) is 0 Å². The van der Waals surface area contributed by atoms with Crippen LogP contribution in [0.4, 0.5) is 5.69 Å². The number of nitrogens with two attached hydrogens (primary N) is 1. The summed E-state index contributed by atoms with van der Waals surface area (Å²) < 4.78 is 0. The Morgan fingerprint density at radius 2 is 2.22 bits per heavy atom. The molecule has 0 atom stereocenters. The van der Waals surface area contributed by atoms with Crippen LogP contribution in [0.25, 0.3) is 0 Å². The SMILES string of the molecule is CCCN(CC1CC1)c1ccc(Cl)cc1C(=N)N. The van der Waals surface area contributed by atoms with Crippen molar-refractivity contribution >= 4 is 23.1 Å². The zero-order valence-electron chi connectivity index (χ0n) is 10.7. The van der Waals surface area contributed by atoms with Crippen molar-refractivity contribution in [1.82, 2.24) is 0 Å². The molecule has 18 heavy (non-hydrogen) atoms. The van der Waals surface area contributed by atoms with Gasteiger partial charge in [0.1, 0.15) is 5.84 Å². The van der Waals surface area contributed by atoms with E-state index in [-0.39, 0.29) is 5.84 Å². The summed E-state index contributed by atoms with van der Waals surface area (Å²) in [7, 11) is 0. The molecular formula is C14H20ClN3. The Labute approximate surface area is 113 Å². The standard InChI is InChI=1S/C14H20ClN3/c1-2-7-18(9-10-3-4-10)13-6-5-11(15)8-12(13)14(16)17/h5-6,8,10H,2-4,7,9H2,1H3,(H3,16,17). The van der Waals surface area contributed by atoms with E-state index in [0.29, 0.717) is 5.02 Å². The molecule has 0 unspecified atom stereocenters. The molecule has 2 rings (SSSR count). The maximum absolute atomic E-state index is 7.69. The summed E-state index contributed by atoms with van der Waals surface area (Å²) in [6.45, 7) is 4.23. The van der Waals surface area contributed by atoms with Gasteiger partial charge in [0.2, 0.25) is 0 Å². The number of rotatable bonds is 6. The molecule has 0 bridgehead atoms. The second kappa shape index (κ2) is 5.61. The minimum Gasteiger partial charge on any atom is -0.384 e. The van der Waals surface area contributed by atoms with Crippen LogP contribution >= 0.6 is 11.6 Å². The lowest BCUT2D eigenvalue weighted by molar-refractivity contribution is 0.707. The normalized spacial score (nSPS) is 14.6. The molecule has 1 saturated carbocycles. The lowest BCUT2D eigenvalue weighted by atomic mass is 10.1. The number of hydrogen-bond donors (Lipinski definition) is 2. The Morgan fingerprint density at radius 1 is 1.50 bits per heavy atom. The van der Waals surface area contributed by atoms with Crippen LogP contribution in [0.3, 0.4) is 0 Å². The Morgan fingerprint density at radius 3 is 2.78 bits per heavy atom. The van der Waals surface area contributed by atoms with E-state index >= 15 is 0 Å². The maximum atomic E-state index is 7.69. The molecule has 0 saturated heterocycles. The summed E-state index contributed by atoms with van der Waals surface area (Å²) in [5.41, 5.74) is 7.45. The highest BCUT2D eigenvalue weighted by molar-refractivity contribution is 6.31. The molecule has 0 aromatic heterocycles. The number of halogens is 1. The van der Waals surface area contributed by atoms with Gasteiger partial charge in [-0.3, -0.25) is 5.41 Å². The fourth-order valence-electron chi connectivity index (χ4n) is 2.19. The van der Waals surface area contributed by atoms with Gasteiger partial charge < -0.3 is 10.6 Å². The van der Waals surface area contributed by atoms with Gasteiger partial charge in [0.05, 0.1) is 0 Å². The Bertz CT molecular complexity index is 441. The first-order valence-corrected chi connectivity index (χ1v) is 6.88. The molecule has 1 fully saturated rings. The number of nitrogen functional groups attached to an aromatic ring is 1. The van der Waals surface area contributed by atoms with Crippen molar-refractivity contribution in [3.63, 3.8) is 0 Å². The fraction of sp³-hybridized carbons (Fsp3) is 0.500. The van der Waals surface area contributed by atoms with E-state index in [4.69, 9.17) is 22.7 Å². The number of benzene rings is 1. The Hall–Kier alpha value is -1.22. The smallest absolute Gasteiger partial charge is 0.124 e. The molecule has 1 aromatic rings. The summed E-state index contributed by atoms with van der Waals surface area (Å²) in [6, 6.07) is 5.64. The van der Waals surface area contributed by atoms with Crippen molar-refractivity contribution in [2.45, 2.75) is 26.2 Å². The minimum absolute atomic E-state index is 0.0874. The third-order valence-corrected chi connectivity index (χ3v) is 3.49. The van der Waals surface area contributed by atoms with Crippen molar-refractivity contribution in [3.8, 4) is 0 Å². The third-order valence-electron chi connectivity index (χ3n) is 3.26. The molecule has 1 aliphatic rings. The maximum Gasteiger partial charge on any atom is 0.124 e. The molecule has 3 N–H and O–H groups in total. The highest BCUT2D eigenvalue weighted by Crippen LogP contribution is 2.33. The number of hydrogen-bond acceptors (Lipinski definition) is 2. The first-order chi connectivity index (χ1) is 8.61. The molecule has 4 heteroatoms. The van der Waals surface area contributed by atoms with Crippen LogP contribution in [0.5, 0.6) is 0 Å². The minimum atomic E-state index is 0.0874. The summed E-state index contributed by atoms with van der Waals surface area (Å²) in [6.07, 6.45) is 3.74. The molecule has 98 valence electrons. The van der Waals surface area contributed by atoms with E-state index in [9.17, 15) is 0 Å². The quantitative estimate of drug-likeness (QED) is 0.613. The monoisotopic (exact) mass is 265 g/mol. The van der Waals surface area contributed by atoms with E-state index in [0.717, 1.165) is 36.7 Å². The summed E-state index contributed by atoms with van der Waals surface area (Å²) in [4.78, 5) is 2.34. The van der Waals surface area contributed by atoms with Crippen molar-refractivity contribution in [2.24, 2.45) is 11.7 Å². The third kappa shape index (κ3) is 3.16. The van der Waals surface area contributed by atoms with Crippen LogP contribution in [0.15, 0.2) is 18.2 Å². The molecule has 1 aliphatic carbocycles. The first-order valence-electron chi connectivity index (χ1n) is 6.50. The van der Waals surface area contributed by atoms with Gasteiger partial charge in [-0.1, -0.05) is 18.5 Å². The summed E-state index contributed by atoms with van der Waals surface area (Å²) >= 11 is 5.99. The van der Waals surface area contributed by atoms with Crippen molar-refractivity contribution < 1.29 is 0 Å². The second-order valence-electron chi connectivity index (χ2n) is 4.96. The van der Waals surface area contributed by atoms with Gasteiger partial charge >= 0.3 is 0 Å². The summed E-state index contributed by atoms with van der Waals surface area (Å²) in [5, 5.41) is 8.32. The molecule has 0 spiro atoms. The number of amidine groups is 1. The topological polar surface area (TPSA) is 53.1 Å². The van der Waals surface area contributed by atoms with Gasteiger partial charge in [-0.25, -0.2) is 0 Å². The van der Waals surface area contributed by atoms with E-state index in [1.807, 2.05) is 12.1 Å². The fourth-order valence-corrected chi connectivity index (χ4v) is 2.36. The number of nitrogens with one attached hydrogen (secondary N) is 1. The van der Waals surface area contributed by atoms with E-state index in [1.54, 1.807) is 6.07 Å². The van der Waals surface area contributed by atoms with Crippen LogP contribution in [0, 0.1) is 11.3 Å². The van der Waals surface area contributed by atoms with Crippen molar-refractivity contribution in [3.05, 3.63) is 28.8 Å². The largest absolute Gasteiger partial charge is 0.384 e. The molecule has 0 aliphatic heterocycles. The van der Waals surface area contributed by atoms with Crippen molar-refractivity contribution in [1.29, 1.82) is 5.41 Å².